The molecule has 2 aromatic carbocycles. The first kappa shape index (κ1) is 20.8. The van der Waals surface area contributed by atoms with Gasteiger partial charge in [0.25, 0.3) is 0 Å². The maximum absolute atomic E-state index is 12.0. The number of anilines is 1. The van der Waals surface area contributed by atoms with Crippen LogP contribution in [0.25, 0.3) is 16.3 Å². The average molecular weight is 441 g/mol. The topological polar surface area (TPSA) is 48.5 Å². The highest BCUT2D eigenvalue weighted by atomic mass is 35.5. The van der Waals surface area contributed by atoms with Crippen LogP contribution in [0, 0.1) is 6.92 Å². The largest absolute Gasteiger partial charge is 0.351 e. The van der Waals surface area contributed by atoms with Crippen LogP contribution in [0.2, 0.25) is 5.02 Å². The van der Waals surface area contributed by atoms with E-state index in [-0.39, 0.29) is 5.91 Å². The maximum Gasteiger partial charge on any atom is 0.244 e. The van der Waals surface area contributed by atoms with E-state index in [0.29, 0.717) is 6.54 Å². The van der Waals surface area contributed by atoms with Gasteiger partial charge in [-0.25, -0.2) is 4.98 Å². The smallest absolute Gasteiger partial charge is 0.244 e. The molecule has 3 aromatic rings. The highest BCUT2D eigenvalue weighted by molar-refractivity contribution is 7.22. The van der Waals surface area contributed by atoms with Crippen molar-refractivity contribution in [3.8, 4) is 0 Å². The number of hydrogen-bond donors (Lipinski definition) is 1. The minimum atomic E-state index is -0.0563. The van der Waals surface area contributed by atoms with Crippen LogP contribution in [0.5, 0.6) is 0 Å². The normalized spacial score (nSPS) is 15.2. The molecule has 156 valence electrons. The Hall–Kier alpha value is -2.41. The molecule has 0 aliphatic carbocycles. The van der Waals surface area contributed by atoms with E-state index in [1.54, 1.807) is 17.4 Å². The van der Waals surface area contributed by atoms with Gasteiger partial charge in [0, 0.05) is 45.3 Å². The van der Waals surface area contributed by atoms with Gasteiger partial charge in [0.05, 0.1) is 15.2 Å². The van der Waals surface area contributed by atoms with Gasteiger partial charge in [-0.2, -0.15) is 0 Å². The molecule has 0 saturated carbocycles. The van der Waals surface area contributed by atoms with E-state index in [4.69, 9.17) is 16.6 Å². The van der Waals surface area contributed by atoms with Crippen molar-refractivity contribution in [3.63, 3.8) is 0 Å². The average Bonchev–Trinajstić information content (AvgIpc) is 3.23. The van der Waals surface area contributed by atoms with Crippen molar-refractivity contribution >= 4 is 50.3 Å². The van der Waals surface area contributed by atoms with Crippen LogP contribution in [0.3, 0.4) is 0 Å². The number of amides is 1. The number of aryl methyl sites for hydroxylation is 1. The van der Waals surface area contributed by atoms with Gasteiger partial charge >= 0.3 is 0 Å². The molecule has 1 aliphatic heterocycles. The molecule has 0 radical (unpaired) electrons. The lowest BCUT2D eigenvalue weighted by molar-refractivity contribution is -0.116. The highest BCUT2D eigenvalue weighted by Crippen LogP contribution is 2.35. The zero-order chi connectivity index (χ0) is 20.9. The number of nitrogens with zero attached hydrogens (tertiary/aromatic N) is 3. The molecular formula is C23H25ClN4OS. The molecule has 1 N–H and O–H groups in total. The molecule has 0 spiro atoms. The fourth-order valence-electron chi connectivity index (χ4n) is 3.52. The van der Waals surface area contributed by atoms with Crippen molar-refractivity contribution < 1.29 is 4.79 Å². The Morgan fingerprint density at radius 3 is 2.67 bits per heavy atom. The number of rotatable bonds is 6. The molecule has 0 atom stereocenters. The molecule has 7 heteroatoms. The number of carbonyl (C=O) groups excluding carboxylic acids is 1. The number of carbonyl (C=O) groups is 1. The van der Waals surface area contributed by atoms with Gasteiger partial charge < -0.3 is 10.2 Å². The second kappa shape index (κ2) is 9.60. The van der Waals surface area contributed by atoms with Crippen LogP contribution in [0.15, 0.2) is 48.5 Å². The van der Waals surface area contributed by atoms with E-state index in [2.05, 4.69) is 22.0 Å². The lowest BCUT2D eigenvalue weighted by atomic mass is 10.2. The van der Waals surface area contributed by atoms with Crippen molar-refractivity contribution in [2.75, 3.05) is 44.2 Å². The SMILES string of the molecule is Cc1ccc(Cl)c2sc(N3CCN(CCNC(=O)/C=C/c4ccccc4)CC3)nc12. The third kappa shape index (κ3) is 5.01. The molecule has 1 amide bonds. The predicted octanol–water partition coefficient (Wildman–Crippen LogP) is 4.21. The van der Waals surface area contributed by atoms with Crippen LogP contribution in [-0.2, 0) is 4.79 Å². The Morgan fingerprint density at radius 1 is 1.17 bits per heavy atom. The number of halogens is 1. The molecule has 1 aliphatic rings. The van der Waals surface area contributed by atoms with E-state index >= 15 is 0 Å². The Kier molecular flexibility index (Phi) is 6.67. The van der Waals surface area contributed by atoms with E-state index in [1.807, 2.05) is 48.5 Å². The zero-order valence-corrected chi connectivity index (χ0v) is 18.5. The lowest BCUT2D eigenvalue weighted by Crippen LogP contribution is -2.48. The molecule has 1 fully saturated rings. The molecule has 30 heavy (non-hydrogen) atoms. The van der Waals surface area contributed by atoms with Crippen molar-refractivity contribution in [1.82, 2.24) is 15.2 Å². The molecule has 0 unspecified atom stereocenters. The van der Waals surface area contributed by atoms with Crippen LogP contribution in [0.1, 0.15) is 11.1 Å². The monoisotopic (exact) mass is 440 g/mol. The Bertz CT molecular complexity index is 1000. The third-order valence-electron chi connectivity index (χ3n) is 5.28. The summed E-state index contributed by atoms with van der Waals surface area (Å²) in [5.74, 6) is -0.0563. The van der Waals surface area contributed by atoms with Crippen molar-refractivity contribution in [2.45, 2.75) is 6.92 Å². The summed E-state index contributed by atoms with van der Waals surface area (Å²) in [4.78, 5) is 21.5. The predicted molar refractivity (Wildman–Crippen MR) is 127 cm³/mol. The van der Waals surface area contributed by atoms with E-state index in [0.717, 1.165) is 64.2 Å². The standard InChI is InChI=1S/C23H25ClN4OS/c1-17-7-9-19(24)22-21(17)26-23(30-22)28-15-13-27(14-16-28)12-11-25-20(29)10-8-18-5-3-2-4-6-18/h2-10H,11-16H2,1H3,(H,25,29)/b10-8+. The summed E-state index contributed by atoms with van der Waals surface area (Å²) in [5.41, 5.74) is 3.19. The molecular weight excluding hydrogens is 416 g/mol. The van der Waals surface area contributed by atoms with Crippen molar-refractivity contribution in [2.24, 2.45) is 0 Å². The first-order chi connectivity index (χ1) is 14.6. The summed E-state index contributed by atoms with van der Waals surface area (Å²) in [6.07, 6.45) is 3.42. The Balaban J connectivity index is 1.23. The fourth-order valence-corrected chi connectivity index (χ4v) is 4.89. The first-order valence-corrected chi connectivity index (χ1v) is 11.3. The summed E-state index contributed by atoms with van der Waals surface area (Å²) in [5, 5.41) is 4.78. The summed E-state index contributed by atoms with van der Waals surface area (Å²) < 4.78 is 1.07. The molecule has 0 bridgehead atoms. The van der Waals surface area contributed by atoms with Gasteiger partial charge in [0.2, 0.25) is 5.91 Å². The summed E-state index contributed by atoms with van der Waals surface area (Å²) >= 11 is 8.02. The molecule has 1 aromatic heterocycles. The van der Waals surface area contributed by atoms with E-state index < -0.39 is 0 Å². The molecule has 5 nitrogen and oxygen atoms in total. The van der Waals surface area contributed by atoms with Crippen molar-refractivity contribution in [1.29, 1.82) is 0 Å². The minimum Gasteiger partial charge on any atom is -0.351 e. The number of fused-ring (bicyclic) bond motifs is 1. The van der Waals surface area contributed by atoms with Gasteiger partial charge in [0.15, 0.2) is 5.13 Å². The molecule has 1 saturated heterocycles. The van der Waals surface area contributed by atoms with Crippen LogP contribution in [-0.4, -0.2) is 55.1 Å². The first-order valence-electron chi connectivity index (χ1n) is 10.1. The van der Waals surface area contributed by atoms with Crippen LogP contribution < -0.4 is 10.2 Å². The van der Waals surface area contributed by atoms with Crippen LogP contribution in [0.4, 0.5) is 5.13 Å². The zero-order valence-electron chi connectivity index (χ0n) is 17.0. The van der Waals surface area contributed by atoms with Gasteiger partial charge in [-0.3, -0.25) is 9.69 Å². The fraction of sp³-hybridized carbons (Fsp3) is 0.304. The molecule has 2 heterocycles. The number of nitrogens with one attached hydrogen (secondary N) is 1. The van der Waals surface area contributed by atoms with Crippen LogP contribution >= 0.6 is 22.9 Å². The van der Waals surface area contributed by atoms with E-state index in [9.17, 15) is 4.79 Å². The number of aromatic nitrogens is 1. The number of hydrogen-bond acceptors (Lipinski definition) is 5. The summed E-state index contributed by atoms with van der Waals surface area (Å²) in [6, 6.07) is 13.8. The third-order valence-corrected chi connectivity index (χ3v) is 6.86. The second-order valence-electron chi connectivity index (χ2n) is 7.40. The van der Waals surface area contributed by atoms with Gasteiger partial charge in [-0.1, -0.05) is 59.3 Å². The second-order valence-corrected chi connectivity index (χ2v) is 8.79. The van der Waals surface area contributed by atoms with Gasteiger partial charge in [0.1, 0.15) is 0 Å². The summed E-state index contributed by atoms with van der Waals surface area (Å²) in [7, 11) is 0. The molecule has 4 rings (SSSR count). The van der Waals surface area contributed by atoms with E-state index in [1.165, 1.54) is 0 Å². The maximum atomic E-state index is 12.0. The summed E-state index contributed by atoms with van der Waals surface area (Å²) in [6.45, 7) is 7.34. The van der Waals surface area contributed by atoms with Gasteiger partial charge in [-0.05, 0) is 30.2 Å². The minimum absolute atomic E-state index is 0.0563. The van der Waals surface area contributed by atoms with Crippen molar-refractivity contribution in [3.05, 3.63) is 64.7 Å². The Labute approximate surface area is 186 Å². The number of benzene rings is 2. The quantitative estimate of drug-likeness (QED) is 0.583. The number of thiazole rings is 1. The Morgan fingerprint density at radius 2 is 1.93 bits per heavy atom. The number of piperazine rings is 1. The lowest BCUT2D eigenvalue weighted by Gasteiger charge is -2.34. The van der Waals surface area contributed by atoms with Gasteiger partial charge in [-0.15, -0.1) is 0 Å². The highest BCUT2D eigenvalue weighted by Gasteiger charge is 2.20.